The van der Waals surface area contributed by atoms with E-state index >= 15 is 0 Å². The number of H-pyrrole nitrogens is 1. The van der Waals surface area contributed by atoms with Crippen molar-refractivity contribution in [3.63, 3.8) is 0 Å². The number of thiophene rings is 2. The van der Waals surface area contributed by atoms with Crippen LogP contribution >= 0.6 is 22.7 Å². The van der Waals surface area contributed by atoms with Crippen LogP contribution < -0.4 is 0 Å². The predicted molar refractivity (Wildman–Crippen MR) is 68.2 cm³/mol. The Morgan fingerprint density at radius 3 is 2.19 bits per heavy atom. The molecule has 3 rings (SSSR count). The first-order valence-electron chi connectivity index (χ1n) is 5.01. The molecule has 0 amide bonds. The molecule has 3 aromatic heterocycles. The zero-order chi connectivity index (χ0) is 10.8. The molecule has 0 fully saturated rings. The van der Waals surface area contributed by atoms with Crippen LogP contribution in [0.3, 0.4) is 0 Å². The van der Waals surface area contributed by atoms with E-state index < -0.39 is 0 Å². The Bertz CT molecular complexity index is 442. The Labute approximate surface area is 102 Å². The van der Waals surface area contributed by atoms with E-state index in [1.54, 1.807) is 22.7 Å². The normalized spacial score (nSPS) is 11.1. The molecule has 0 bridgehead atoms. The van der Waals surface area contributed by atoms with Crippen LogP contribution in [0.2, 0.25) is 0 Å². The van der Waals surface area contributed by atoms with E-state index in [2.05, 4.69) is 45.0 Å². The third kappa shape index (κ3) is 1.70. The van der Waals surface area contributed by atoms with E-state index in [1.165, 1.54) is 9.75 Å². The van der Waals surface area contributed by atoms with Gasteiger partial charge < -0.3 is 4.98 Å². The van der Waals surface area contributed by atoms with Crippen LogP contribution in [0.1, 0.15) is 21.5 Å². The quantitative estimate of drug-likeness (QED) is 0.749. The molecule has 0 aromatic carbocycles. The molecule has 0 atom stereocenters. The minimum Gasteiger partial charge on any atom is -0.348 e. The summed E-state index contributed by atoms with van der Waals surface area (Å²) in [6.07, 6.45) is 3.69. The molecule has 0 saturated carbocycles. The molecule has 0 aliphatic carbocycles. The van der Waals surface area contributed by atoms with E-state index in [1.807, 2.05) is 12.4 Å². The van der Waals surface area contributed by atoms with Crippen molar-refractivity contribution >= 4 is 22.7 Å². The standard InChI is InChI=1S/C12H10N2S2/c1-3-9(15-7-1)11(10-4-2-8-16-10)12-13-5-6-14-12/h1-8,11H,(H,13,14). The number of aromatic nitrogens is 2. The fourth-order valence-corrected chi connectivity index (χ4v) is 3.52. The fraction of sp³-hybridized carbons (Fsp3) is 0.0833. The van der Waals surface area contributed by atoms with E-state index in [0.717, 1.165) is 5.82 Å². The second-order valence-corrected chi connectivity index (χ2v) is 5.40. The van der Waals surface area contributed by atoms with Crippen molar-refractivity contribution in [2.75, 3.05) is 0 Å². The van der Waals surface area contributed by atoms with Gasteiger partial charge in [-0.25, -0.2) is 4.98 Å². The van der Waals surface area contributed by atoms with Gasteiger partial charge in [0.15, 0.2) is 0 Å². The molecule has 4 heteroatoms. The zero-order valence-corrected chi connectivity index (χ0v) is 10.1. The highest BCUT2D eigenvalue weighted by molar-refractivity contribution is 7.11. The highest BCUT2D eigenvalue weighted by Crippen LogP contribution is 2.34. The van der Waals surface area contributed by atoms with Crippen LogP contribution in [0.4, 0.5) is 0 Å². The molecule has 2 nitrogen and oxygen atoms in total. The SMILES string of the molecule is c1csc(C(c2ncc[nH]2)c2cccs2)c1. The summed E-state index contributed by atoms with van der Waals surface area (Å²) < 4.78 is 0. The lowest BCUT2D eigenvalue weighted by Gasteiger charge is -2.10. The molecule has 1 N–H and O–H groups in total. The minimum absolute atomic E-state index is 0.259. The van der Waals surface area contributed by atoms with E-state index in [9.17, 15) is 0 Å². The third-order valence-corrected chi connectivity index (χ3v) is 4.32. The van der Waals surface area contributed by atoms with Gasteiger partial charge in [-0.15, -0.1) is 22.7 Å². The molecule has 3 heterocycles. The van der Waals surface area contributed by atoms with Gasteiger partial charge in [-0.05, 0) is 22.9 Å². The van der Waals surface area contributed by atoms with Crippen molar-refractivity contribution in [2.45, 2.75) is 5.92 Å². The largest absolute Gasteiger partial charge is 0.348 e. The number of nitrogens with one attached hydrogen (secondary N) is 1. The number of nitrogens with zero attached hydrogens (tertiary/aromatic N) is 1. The highest BCUT2D eigenvalue weighted by Gasteiger charge is 2.20. The fourth-order valence-electron chi connectivity index (χ4n) is 1.76. The lowest BCUT2D eigenvalue weighted by molar-refractivity contribution is 0.920. The van der Waals surface area contributed by atoms with Crippen molar-refractivity contribution in [3.8, 4) is 0 Å². The van der Waals surface area contributed by atoms with Crippen molar-refractivity contribution < 1.29 is 0 Å². The molecular weight excluding hydrogens is 236 g/mol. The Morgan fingerprint density at radius 1 is 1.06 bits per heavy atom. The van der Waals surface area contributed by atoms with E-state index in [0.29, 0.717) is 0 Å². The Hall–Kier alpha value is -1.39. The first kappa shape index (κ1) is 9.81. The molecule has 0 aliphatic rings. The van der Waals surface area contributed by atoms with Gasteiger partial charge in [0.1, 0.15) is 5.82 Å². The topological polar surface area (TPSA) is 28.7 Å². The third-order valence-electron chi connectivity index (χ3n) is 2.45. The van der Waals surface area contributed by atoms with Gasteiger partial charge in [-0.2, -0.15) is 0 Å². The lowest BCUT2D eigenvalue weighted by Crippen LogP contribution is -2.01. The molecular formula is C12H10N2S2. The Kier molecular flexibility index (Phi) is 2.60. The van der Waals surface area contributed by atoms with Crippen molar-refractivity contribution in [2.24, 2.45) is 0 Å². The van der Waals surface area contributed by atoms with Gasteiger partial charge in [-0.1, -0.05) is 12.1 Å². The minimum atomic E-state index is 0.259. The molecule has 0 radical (unpaired) electrons. The molecule has 16 heavy (non-hydrogen) atoms. The number of aromatic amines is 1. The summed E-state index contributed by atoms with van der Waals surface area (Å²) in [5.41, 5.74) is 0. The highest BCUT2D eigenvalue weighted by atomic mass is 32.1. The van der Waals surface area contributed by atoms with Crippen molar-refractivity contribution in [3.05, 3.63) is 63.0 Å². The number of imidazole rings is 1. The van der Waals surface area contributed by atoms with E-state index in [4.69, 9.17) is 0 Å². The molecule has 0 spiro atoms. The second-order valence-electron chi connectivity index (χ2n) is 3.44. The molecule has 0 saturated heterocycles. The summed E-state index contributed by atoms with van der Waals surface area (Å²) in [5, 5.41) is 4.22. The van der Waals surface area contributed by atoms with E-state index in [-0.39, 0.29) is 5.92 Å². The summed E-state index contributed by atoms with van der Waals surface area (Å²) in [4.78, 5) is 10.3. The number of rotatable bonds is 3. The molecule has 0 unspecified atom stereocenters. The maximum absolute atomic E-state index is 4.39. The molecule has 80 valence electrons. The predicted octanol–water partition coefficient (Wildman–Crippen LogP) is 3.71. The summed E-state index contributed by atoms with van der Waals surface area (Å²) in [6, 6.07) is 8.50. The van der Waals surface area contributed by atoms with Crippen LogP contribution in [0, 0.1) is 0 Å². The number of hydrogen-bond donors (Lipinski definition) is 1. The first-order chi connectivity index (χ1) is 7.95. The zero-order valence-electron chi connectivity index (χ0n) is 8.46. The Morgan fingerprint density at radius 2 is 1.75 bits per heavy atom. The molecule has 3 aromatic rings. The smallest absolute Gasteiger partial charge is 0.119 e. The average molecular weight is 246 g/mol. The van der Waals surface area contributed by atoms with Crippen LogP contribution in [-0.4, -0.2) is 9.97 Å². The second kappa shape index (κ2) is 4.23. The summed E-state index contributed by atoms with van der Waals surface area (Å²) in [5.74, 6) is 1.28. The van der Waals surface area contributed by atoms with Crippen LogP contribution in [0.5, 0.6) is 0 Å². The van der Waals surface area contributed by atoms with Gasteiger partial charge in [0, 0.05) is 22.1 Å². The maximum Gasteiger partial charge on any atom is 0.119 e. The summed E-state index contributed by atoms with van der Waals surface area (Å²) >= 11 is 3.55. The monoisotopic (exact) mass is 246 g/mol. The summed E-state index contributed by atoms with van der Waals surface area (Å²) in [7, 11) is 0. The number of hydrogen-bond acceptors (Lipinski definition) is 3. The van der Waals surface area contributed by atoms with Crippen LogP contribution in [-0.2, 0) is 0 Å². The van der Waals surface area contributed by atoms with Crippen molar-refractivity contribution in [1.29, 1.82) is 0 Å². The lowest BCUT2D eigenvalue weighted by atomic mass is 10.1. The van der Waals surface area contributed by atoms with Crippen LogP contribution in [0.25, 0.3) is 0 Å². The van der Waals surface area contributed by atoms with Gasteiger partial charge in [0.05, 0.1) is 5.92 Å². The first-order valence-corrected chi connectivity index (χ1v) is 6.77. The maximum atomic E-state index is 4.39. The average Bonchev–Trinajstić information content (AvgIpc) is 3.02. The van der Waals surface area contributed by atoms with Gasteiger partial charge in [0.25, 0.3) is 0 Å². The summed E-state index contributed by atoms with van der Waals surface area (Å²) in [6.45, 7) is 0. The molecule has 0 aliphatic heterocycles. The van der Waals surface area contributed by atoms with Gasteiger partial charge >= 0.3 is 0 Å². The Balaban J connectivity index is 2.09. The van der Waals surface area contributed by atoms with Gasteiger partial charge in [-0.3, -0.25) is 0 Å². The van der Waals surface area contributed by atoms with Crippen molar-refractivity contribution in [1.82, 2.24) is 9.97 Å². The van der Waals surface area contributed by atoms with Crippen LogP contribution in [0.15, 0.2) is 47.4 Å². The van der Waals surface area contributed by atoms with Gasteiger partial charge in [0.2, 0.25) is 0 Å².